The van der Waals surface area contributed by atoms with Gasteiger partial charge < -0.3 is 20.7 Å². The number of ether oxygens (including phenoxy) is 1. The number of fused-ring (bicyclic) bond motifs is 1. The van der Waals surface area contributed by atoms with Gasteiger partial charge in [0.15, 0.2) is 0 Å². The Labute approximate surface area is 171 Å². The first-order chi connectivity index (χ1) is 13.0. The largest absolute Gasteiger partial charge is 0.468 e. The Morgan fingerprint density at radius 1 is 1.14 bits per heavy atom. The van der Waals surface area contributed by atoms with Crippen molar-refractivity contribution in [2.24, 2.45) is 5.92 Å². The van der Waals surface area contributed by atoms with Crippen LogP contribution in [0.2, 0.25) is 0 Å². The molecule has 1 aliphatic heterocycles. The Morgan fingerprint density at radius 3 is 2.54 bits per heavy atom. The van der Waals surface area contributed by atoms with Gasteiger partial charge in [0, 0.05) is 11.7 Å². The molecule has 1 aromatic carbocycles. The summed E-state index contributed by atoms with van der Waals surface area (Å²) in [5, 5.41) is 8.93. The maximum Gasteiger partial charge on any atom is 0.325 e. The van der Waals surface area contributed by atoms with Crippen molar-refractivity contribution in [3.8, 4) is 0 Å². The standard InChI is InChI=1S/C20H27N3O4.ClH/c1-27-19(25)12-21-18(24)10-13-6-8-15(9-7-13)22-20(26)17-11-14-4-2-3-5-16(14)23-17;/h6-9,14,16-17,23H,2-5,10-12H2,1H3,(H,21,24)(H,22,26);1H. The molecular weight excluding hydrogens is 382 g/mol. The van der Waals surface area contributed by atoms with E-state index in [9.17, 15) is 14.4 Å². The molecule has 2 aliphatic rings. The van der Waals surface area contributed by atoms with Gasteiger partial charge in [0.2, 0.25) is 11.8 Å². The van der Waals surface area contributed by atoms with Crippen LogP contribution in [0.15, 0.2) is 24.3 Å². The maximum atomic E-state index is 12.5. The summed E-state index contributed by atoms with van der Waals surface area (Å²) in [6, 6.07) is 7.55. The lowest BCUT2D eigenvalue weighted by Gasteiger charge is -2.24. The first-order valence-electron chi connectivity index (χ1n) is 9.54. The third kappa shape index (κ3) is 5.94. The van der Waals surface area contributed by atoms with E-state index in [0.717, 1.165) is 17.7 Å². The van der Waals surface area contributed by atoms with Crippen LogP contribution in [-0.2, 0) is 25.5 Å². The SMILES string of the molecule is COC(=O)CNC(=O)Cc1ccc(NC(=O)C2CC3CCCCC3N2)cc1.Cl. The van der Waals surface area contributed by atoms with Crippen molar-refractivity contribution in [2.45, 2.75) is 50.6 Å². The minimum atomic E-state index is -0.484. The highest BCUT2D eigenvalue weighted by molar-refractivity contribution is 5.95. The van der Waals surface area contributed by atoms with Gasteiger partial charge in [-0.3, -0.25) is 14.4 Å². The number of esters is 1. The van der Waals surface area contributed by atoms with E-state index in [-0.39, 0.29) is 43.2 Å². The zero-order valence-corrected chi connectivity index (χ0v) is 16.8. The van der Waals surface area contributed by atoms with Crippen LogP contribution < -0.4 is 16.0 Å². The van der Waals surface area contributed by atoms with Crippen LogP contribution >= 0.6 is 12.4 Å². The van der Waals surface area contributed by atoms with Gasteiger partial charge in [-0.15, -0.1) is 12.4 Å². The minimum Gasteiger partial charge on any atom is -0.468 e. The number of hydrogen-bond donors (Lipinski definition) is 3. The van der Waals surface area contributed by atoms with Crippen LogP contribution in [0, 0.1) is 5.92 Å². The summed E-state index contributed by atoms with van der Waals surface area (Å²) in [6.45, 7) is -0.139. The van der Waals surface area contributed by atoms with E-state index in [4.69, 9.17) is 0 Å². The Balaban J connectivity index is 0.00000280. The molecule has 3 atom stereocenters. The molecule has 1 saturated carbocycles. The average molecular weight is 410 g/mol. The molecule has 1 aromatic rings. The number of hydrogen-bond acceptors (Lipinski definition) is 5. The fraction of sp³-hybridized carbons (Fsp3) is 0.550. The van der Waals surface area contributed by atoms with Crippen molar-refractivity contribution in [3.63, 3.8) is 0 Å². The van der Waals surface area contributed by atoms with Crippen LogP contribution in [0.4, 0.5) is 5.69 Å². The topological polar surface area (TPSA) is 96.5 Å². The molecule has 0 spiro atoms. The van der Waals surface area contributed by atoms with Crippen molar-refractivity contribution in [1.82, 2.24) is 10.6 Å². The molecule has 1 saturated heterocycles. The minimum absolute atomic E-state index is 0. The summed E-state index contributed by atoms with van der Waals surface area (Å²) in [5.74, 6) is -0.106. The van der Waals surface area contributed by atoms with E-state index in [1.807, 2.05) is 0 Å². The number of carbonyl (C=O) groups excluding carboxylic acids is 3. The molecule has 3 N–H and O–H groups in total. The van der Waals surface area contributed by atoms with Crippen molar-refractivity contribution < 1.29 is 19.1 Å². The van der Waals surface area contributed by atoms with Gasteiger partial charge >= 0.3 is 5.97 Å². The number of amides is 2. The summed E-state index contributed by atoms with van der Waals surface area (Å²) < 4.78 is 4.48. The van der Waals surface area contributed by atoms with Crippen LogP contribution in [0.5, 0.6) is 0 Å². The van der Waals surface area contributed by atoms with Crippen LogP contribution in [-0.4, -0.2) is 43.5 Å². The predicted octanol–water partition coefficient (Wildman–Crippen LogP) is 1.80. The third-order valence-electron chi connectivity index (χ3n) is 5.42. The average Bonchev–Trinajstić information content (AvgIpc) is 3.12. The quantitative estimate of drug-likeness (QED) is 0.622. The normalized spacial score (nSPS) is 23.1. The number of halogens is 1. The fourth-order valence-electron chi connectivity index (χ4n) is 3.95. The number of nitrogens with one attached hydrogen (secondary N) is 3. The van der Waals surface area contributed by atoms with Gasteiger partial charge in [-0.1, -0.05) is 25.0 Å². The Bertz CT molecular complexity index is 681. The second kappa shape index (κ2) is 10.4. The van der Waals surface area contributed by atoms with Gasteiger partial charge in [-0.25, -0.2) is 0 Å². The van der Waals surface area contributed by atoms with Gasteiger partial charge in [-0.05, 0) is 42.9 Å². The number of methoxy groups -OCH3 is 1. The molecular formula is C20H28ClN3O4. The first kappa shape index (κ1) is 22.2. The number of rotatable bonds is 6. The lowest BCUT2D eigenvalue weighted by atomic mass is 9.85. The zero-order valence-electron chi connectivity index (χ0n) is 16.0. The van der Waals surface area contributed by atoms with Crippen LogP contribution in [0.25, 0.3) is 0 Å². The molecule has 8 heteroatoms. The summed E-state index contributed by atoms with van der Waals surface area (Å²) in [7, 11) is 1.27. The molecule has 2 amide bonds. The number of anilines is 1. The molecule has 1 heterocycles. The van der Waals surface area contributed by atoms with E-state index in [2.05, 4.69) is 20.7 Å². The molecule has 3 rings (SSSR count). The van der Waals surface area contributed by atoms with Crippen LogP contribution in [0.3, 0.4) is 0 Å². The van der Waals surface area contributed by atoms with Crippen LogP contribution in [0.1, 0.15) is 37.7 Å². The van der Waals surface area contributed by atoms with E-state index >= 15 is 0 Å². The highest BCUT2D eigenvalue weighted by Gasteiger charge is 2.38. The van der Waals surface area contributed by atoms with Crippen molar-refractivity contribution in [1.29, 1.82) is 0 Å². The lowest BCUT2D eigenvalue weighted by Crippen LogP contribution is -2.39. The molecule has 7 nitrogen and oxygen atoms in total. The number of carbonyl (C=O) groups is 3. The summed E-state index contributed by atoms with van der Waals surface area (Å²) in [4.78, 5) is 35.3. The number of benzene rings is 1. The van der Waals surface area contributed by atoms with Gasteiger partial charge in [0.1, 0.15) is 6.54 Å². The molecule has 28 heavy (non-hydrogen) atoms. The van der Waals surface area contributed by atoms with Gasteiger partial charge in [0.05, 0.1) is 19.6 Å². The van der Waals surface area contributed by atoms with Crippen molar-refractivity contribution in [2.75, 3.05) is 19.0 Å². The maximum absolute atomic E-state index is 12.5. The zero-order chi connectivity index (χ0) is 19.2. The predicted molar refractivity (Wildman–Crippen MR) is 108 cm³/mol. The Hall–Kier alpha value is -2.12. The molecule has 154 valence electrons. The smallest absolute Gasteiger partial charge is 0.325 e. The second-order valence-electron chi connectivity index (χ2n) is 7.32. The van der Waals surface area contributed by atoms with Gasteiger partial charge in [-0.2, -0.15) is 0 Å². The van der Waals surface area contributed by atoms with Crippen molar-refractivity contribution in [3.05, 3.63) is 29.8 Å². The van der Waals surface area contributed by atoms with E-state index in [0.29, 0.717) is 12.0 Å². The Morgan fingerprint density at radius 2 is 1.86 bits per heavy atom. The lowest BCUT2D eigenvalue weighted by molar-refractivity contribution is -0.141. The monoisotopic (exact) mass is 409 g/mol. The van der Waals surface area contributed by atoms with E-state index < -0.39 is 5.97 Å². The Kier molecular flexibility index (Phi) is 8.26. The highest BCUT2D eigenvalue weighted by atomic mass is 35.5. The molecule has 2 fully saturated rings. The summed E-state index contributed by atoms with van der Waals surface area (Å²) >= 11 is 0. The first-order valence-corrected chi connectivity index (χ1v) is 9.54. The molecule has 3 unspecified atom stereocenters. The fourth-order valence-corrected chi connectivity index (χ4v) is 3.95. The van der Waals surface area contributed by atoms with E-state index in [1.54, 1.807) is 24.3 Å². The third-order valence-corrected chi connectivity index (χ3v) is 5.42. The second-order valence-corrected chi connectivity index (χ2v) is 7.32. The highest BCUT2D eigenvalue weighted by Crippen LogP contribution is 2.33. The summed E-state index contributed by atoms with van der Waals surface area (Å²) in [6.07, 6.45) is 5.98. The molecule has 0 radical (unpaired) electrons. The molecule has 0 bridgehead atoms. The summed E-state index contributed by atoms with van der Waals surface area (Å²) in [5.41, 5.74) is 1.52. The van der Waals surface area contributed by atoms with Gasteiger partial charge in [0.25, 0.3) is 0 Å². The molecule has 0 aromatic heterocycles. The van der Waals surface area contributed by atoms with Crippen molar-refractivity contribution >= 4 is 35.9 Å². The van der Waals surface area contributed by atoms with E-state index in [1.165, 1.54) is 32.8 Å². The molecule has 1 aliphatic carbocycles.